The summed E-state index contributed by atoms with van der Waals surface area (Å²) in [6, 6.07) is 14.5. The number of carbonyl (C=O) groups is 3. The van der Waals surface area contributed by atoms with Crippen molar-refractivity contribution in [1.82, 2.24) is 9.80 Å². The monoisotopic (exact) mass is 640 g/mol. The molecule has 0 aliphatic carbocycles. The number of carboxylic acid groups (broad SMARTS) is 1. The number of hydrogen-bond acceptors (Lipinski definition) is 9. The Morgan fingerprint density at radius 1 is 0.810 bits per heavy atom. The smallest absolute Gasteiger partial charge is 0.326 e. The number of unbranched alkanes of at least 4 members (excludes halogenated alkanes) is 1. The Labute approximate surface area is 265 Å². The van der Waals surface area contributed by atoms with Crippen LogP contribution in [0.4, 0.5) is 11.4 Å². The van der Waals surface area contributed by atoms with Crippen molar-refractivity contribution >= 4 is 97.9 Å². The van der Waals surface area contributed by atoms with Crippen LogP contribution >= 0.6 is 48.0 Å². The molecule has 2 saturated heterocycles. The summed E-state index contributed by atoms with van der Waals surface area (Å²) in [5, 5.41) is 9.96. The zero-order valence-corrected chi connectivity index (χ0v) is 27.0. The molecule has 2 aromatic carbocycles. The van der Waals surface area contributed by atoms with E-state index in [1.54, 1.807) is 11.0 Å². The van der Waals surface area contributed by atoms with E-state index in [-0.39, 0.29) is 16.6 Å². The lowest BCUT2D eigenvalue weighted by molar-refractivity contribution is -0.145. The van der Waals surface area contributed by atoms with Crippen molar-refractivity contribution in [3.05, 3.63) is 69.5 Å². The van der Waals surface area contributed by atoms with Crippen LogP contribution in [0.25, 0.3) is 12.2 Å². The molecule has 0 aromatic heterocycles. The normalized spacial score (nSPS) is 18.0. The van der Waals surface area contributed by atoms with Gasteiger partial charge < -0.3 is 14.9 Å². The van der Waals surface area contributed by atoms with Crippen LogP contribution in [0.15, 0.2) is 58.3 Å². The zero-order chi connectivity index (χ0) is 30.6. The van der Waals surface area contributed by atoms with Crippen molar-refractivity contribution in [2.24, 2.45) is 0 Å². The molecule has 2 aromatic rings. The first-order valence-electron chi connectivity index (χ1n) is 13.3. The van der Waals surface area contributed by atoms with Crippen LogP contribution in [0.3, 0.4) is 0 Å². The lowest BCUT2D eigenvalue weighted by Crippen LogP contribution is -2.44. The molecule has 0 spiro atoms. The van der Waals surface area contributed by atoms with E-state index in [1.807, 2.05) is 92.6 Å². The molecule has 42 heavy (non-hydrogen) atoms. The van der Waals surface area contributed by atoms with E-state index in [2.05, 4.69) is 0 Å². The number of benzene rings is 2. The maximum atomic E-state index is 13.2. The minimum absolute atomic E-state index is 0.155. The van der Waals surface area contributed by atoms with Crippen molar-refractivity contribution in [2.75, 3.05) is 44.5 Å². The number of hydrogen-bond donors (Lipinski definition) is 1. The third-order valence-electron chi connectivity index (χ3n) is 6.82. The van der Waals surface area contributed by atoms with Crippen molar-refractivity contribution in [3.8, 4) is 0 Å². The lowest BCUT2D eigenvalue weighted by atomic mass is 10.1. The fourth-order valence-electron chi connectivity index (χ4n) is 4.45. The average molecular weight is 641 g/mol. The van der Waals surface area contributed by atoms with Crippen LogP contribution in [0.1, 0.15) is 30.4 Å². The first kappa shape index (κ1) is 31.7. The minimum Gasteiger partial charge on any atom is -0.480 e. The maximum absolute atomic E-state index is 13.2. The van der Waals surface area contributed by atoms with Gasteiger partial charge in [-0.05, 0) is 66.8 Å². The molecule has 8 nitrogen and oxygen atoms in total. The number of anilines is 2. The second-order valence-corrected chi connectivity index (χ2v) is 13.6. The number of amides is 2. The van der Waals surface area contributed by atoms with E-state index in [1.165, 1.54) is 16.7 Å². The summed E-state index contributed by atoms with van der Waals surface area (Å²) in [6.07, 6.45) is 4.77. The molecule has 2 fully saturated rings. The van der Waals surface area contributed by atoms with Crippen molar-refractivity contribution < 1.29 is 19.5 Å². The molecule has 1 atom stereocenters. The van der Waals surface area contributed by atoms with E-state index >= 15 is 0 Å². The Balaban J connectivity index is 1.34. The Morgan fingerprint density at radius 2 is 1.29 bits per heavy atom. The molecule has 2 aliphatic rings. The topological polar surface area (TPSA) is 84.4 Å². The van der Waals surface area contributed by atoms with Gasteiger partial charge in [-0.15, -0.1) is 0 Å². The first-order chi connectivity index (χ1) is 20.0. The molecule has 220 valence electrons. The van der Waals surface area contributed by atoms with E-state index in [9.17, 15) is 19.5 Å². The minimum atomic E-state index is -1.11. The Hall–Kier alpha value is -3.19. The maximum Gasteiger partial charge on any atom is 0.326 e. The molecule has 1 N–H and O–H groups in total. The van der Waals surface area contributed by atoms with E-state index in [0.717, 1.165) is 34.3 Å². The molecular weight excluding hydrogens is 609 g/mol. The van der Waals surface area contributed by atoms with Gasteiger partial charge in [0.05, 0.1) is 9.81 Å². The highest BCUT2D eigenvalue weighted by Gasteiger charge is 2.40. The summed E-state index contributed by atoms with van der Waals surface area (Å²) in [7, 11) is 7.83. The van der Waals surface area contributed by atoms with Crippen LogP contribution < -0.4 is 9.80 Å². The van der Waals surface area contributed by atoms with Gasteiger partial charge in [0, 0.05) is 46.1 Å². The molecule has 0 unspecified atom stereocenters. The number of nitrogens with zero attached hydrogens (tertiary/aromatic N) is 4. The largest absolute Gasteiger partial charge is 0.480 e. The van der Waals surface area contributed by atoms with Crippen molar-refractivity contribution in [2.45, 2.75) is 25.3 Å². The standard InChI is InChI=1S/C30H32N4O4S4/c1-31(2)21-12-8-19(9-13-21)17-24-26(35)33(29(39)41-24)16-6-5-7-23(28(37)38)34-27(36)25(42-30(34)40)18-20-10-14-22(15-11-20)32(3)4/h8-15,17-18,23H,5-7,16H2,1-4H3,(H,37,38)/b24-17+,25-18+/t23-/m1/s1. The molecule has 2 aliphatic heterocycles. The SMILES string of the molecule is CN(C)c1ccc(/C=C2/SC(=S)N(CCCC[C@H](C(=O)O)N3C(=O)/C(=C\c4ccc(N(C)C)cc4)SC3=S)C2=O)cc1. The van der Waals surface area contributed by atoms with E-state index < -0.39 is 17.9 Å². The fraction of sp³-hybridized carbons (Fsp3) is 0.300. The lowest BCUT2D eigenvalue weighted by Gasteiger charge is -2.23. The summed E-state index contributed by atoms with van der Waals surface area (Å²) in [5.41, 5.74) is 3.84. The number of carbonyl (C=O) groups excluding carboxylic acids is 2. The predicted octanol–water partition coefficient (Wildman–Crippen LogP) is 5.54. The van der Waals surface area contributed by atoms with E-state index in [0.29, 0.717) is 33.5 Å². The van der Waals surface area contributed by atoms with Gasteiger partial charge in [0.15, 0.2) is 0 Å². The number of rotatable bonds is 11. The second-order valence-electron chi connectivity index (χ2n) is 10.2. The third-order valence-corrected chi connectivity index (χ3v) is 9.53. The molecule has 12 heteroatoms. The van der Waals surface area contributed by atoms with Crippen LogP contribution in [0.5, 0.6) is 0 Å². The molecule has 0 radical (unpaired) electrons. The summed E-state index contributed by atoms with van der Waals surface area (Å²) < 4.78 is 0.705. The number of carboxylic acids is 1. The van der Waals surface area contributed by atoms with E-state index in [4.69, 9.17) is 24.4 Å². The first-order valence-corrected chi connectivity index (χ1v) is 15.7. The molecular formula is C30H32N4O4S4. The number of aliphatic carboxylic acids is 1. The van der Waals surface area contributed by atoms with Crippen molar-refractivity contribution in [3.63, 3.8) is 0 Å². The highest BCUT2D eigenvalue weighted by molar-refractivity contribution is 8.27. The van der Waals surface area contributed by atoms with Crippen LogP contribution in [-0.4, -0.2) is 82.1 Å². The van der Waals surface area contributed by atoms with Gasteiger partial charge in [-0.3, -0.25) is 19.4 Å². The summed E-state index contributed by atoms with van der Waals surface area (Å²) >= 11 is 13.3. The van der Waals surface area contributed by atoms with Gasteiger partial charge in [-0.1, -0.05) is 72.2 Å². The highest BCUT2D eigenvalue weighted by atomic mass is 32.2. The van der Waals surface area contributed by atoms with Gasteiger partial charge in [0.1, 0.15) is 14.7 Å². The Morgan fingerprint density at radius 3 is 1.76 bits per heavy atom. The van der Waals surface area contributed by atoms with Gasteiger partial charge in [-0.25, -0.2) is 4.79 Å². The summed E-state index contributed by atoms with van der Waals surface area (Å²) in [4.78, 5) is 46.1. The Kier molecular flexibility index (Phi) is 10.5. The predicted molar refractivity (Wildman–Crippen MR) is 182 cm³/mol. The van der Waals surface area contributed by atoms with Crippen LogP contribution in [0.2, 0.25) is 0 Å². The number of thioether (sulfide) groups is 2. The Bertz CT molecular complexity index is 1450. The summed E-state index contributed by atoms with van der Waals surface area (Å²) in [5.74, 6) is -1.68. The third kappa shape index (κ3) is 7.41. The summed E-state index contributed by atoms with van der Waals surface area (Å²) in [6.45, 7) is 0.370. The zero-order valence-electron chi connectivity index (χ0n) is 23.8. The highest BCUT2D eigenvalue weighted by Crippen LogP contribution is 2.36. The number of thiocarbonyl (C=S) groups is 2. The van der Waals surface area contributed by atoms with Gasteiger partial charge in [-0.2, -0.15) is 0 Å². The quantitative estimate of drug-likeness (QED) is 0.192. The van der Waals surface area contributed by atoms with Crippen LogP contribution in [-0.2, 0) is 14.4 Å². The second kappa shape index (κ2) is 13.9. The van der Waals surface area contributed by atoms with Gasteiger partial charge in [0.2, 0.25) is 0 Å². The fourth-order valence-corrected chi connectivity index (χ4v) is 7.12. The molecule has 0 bridgehead atoms. The van der Waals surface area contributed by atoms with Gasteiger partial charge >= 0.3 is 5.97 Å². The van der Waals surface area contributed by atoms with Crippen LogP contribution in [0, 0.1) is 0 Å². The molecule has 0 saturated carbocycles. The average Bonchev–Trinajstić information content (AvgIpc) is 3.37. The van der Waals surface area contributed by atoms with Crippen molar-refractivity contribution in [1.29, 1.82) is 0 Å². The molecule has 2 amide bonds. The molecule has 4 rings (SSSR count). The van der Waals surface area contributed by atoms with Gasteiger partial charge in [0.25, 0.3) is 11.8 Å². The molecule has 2 heterocycles.